The first kappa shape index (κ1) is 23.2. The number of hydrogen-bond acceptors (Lipinski definition) is 7. The summed E-state index contributed by atoms with van der Waals surface area (Å²) in [5.41, 5.74) is 2.66. The first-order valence-electron chi connectivity index (χ1n) is 10.2. The molecule has 0 saturated carbocycles. The molecule has 0 aromatic heterocycles. The largest absolute Gasteiger partial charge is 0.493 e. The highest BCUT2D eigenvalue weighted by atomic mass is 79.9. The van der Waals surface area contributed by atoms with Crippen LogP contribution in [0.2, 0.25) is 0 Å². The average Bonchev–Trinajstić information content (AvgIpc) is 3.18. The first-order valence-corrected chi connectivity index (χ1v) is 11.0. The molecule has 4 rings (SSSR count). The number of nitrogens with zero attached hydrogens (tertiary/aromatic N) is 2. The van der Waals surface area contributed by atoms with Gasteiger partial charge in [0, 0.05) is 17.2 Å². The molecule has 0 N–H and O–H groups in total. The summed E-state index contributed by atoms with van der Waals surface area (Å²) in [4.78, 5) is 27.3. The fourth-order valence-electron chi connectivity index (χ4n) is 3.38. The molecule has 0 amide bonds. The van der Waals surface area contributed by atoms with E-state index in [0.717, 1.165) is 5.56 Å². The third-order valence-electron chi connectivity index (χ3n) is 5.04. The van der Waals surface area contributed by atoms with Crippen LogP contribution in [0.25, 0.3) is 6.08 Å². The van der Waals surface area contributed by atoms with E-state index < -0.39 is 10.9 Å². The van der Waals surface area contributed by atoms with Crippen LogP contribution in [0.4, 0.5) is 5.69 Å². The number of benzene rings is 3. The Morgan fingerprint density at radius 2 is 1.91 bits per heavy atom. The molecule has 0 bridgehead atoms. The molecule has 9 heteroatoms. The molecule has 1 heterocycles. The highest BCUT2D eigenvalue weighted by Gasteiger charge is 2.25. The van der Waals surface area contributed by atoms with Gasteiger partial charge < -0.3 is 14.2 Å². The number of aryl methyl sites for hydroxylation is 1. The van der Waals surface area contributed by atoms with Crippen molar-refractivity contribution >= 4 is 39.6 Å². The van der Waals surface area contributed by atoms with E-state index in [1.807, 2.05) is 30.3 Å². The number of nitro groups is 1. The molecule has 0 fully saturated rings. The van der Waals surface area contributed by atoms with Crippen molar-refractivity contribution in [3.05, 3.63) is 103 Å². The Kier molecular flexibility index (Phi) is 6.74. The molecule has 1 aliphatic heterocycles. The molecule has 172 valence electrons. The molecular formula is C25H19BrN2O6. The van der Waals surface area contributed by atoms with Crippen LogP contribution in [0.3, 0.4) is 0 Å². The second kappa shape index (κ2) is 9.88. The lowest BCUT2D eigenvalue weighted by Crippen LogP contribution is -2.06. The molecular weight excluding hydrogens is 504 g/mol. The summed E-state index contributed by atoms with van der Waals surface area (Å²) in [5.74, 6) is 0.486. The summed E-state index contributed by atoms with van der Waals surface area (Å²) in [7, 11) is 1.53. The third-order valence-corrected chi connectivity index (χ3v) is 5.63. The van der Waals surface area contributed by atoms with Crippen LogP contribution in [-0.2, 0) is 16.1 Å². The number of ether oxygens (including phenoxy) is 3. The van der Waals surface area contributed by atoms with Crippen LogP contribution in [-0.4, -0.2) is 23.9 Å². The first-order chi connectivity index (χ1) is 16.4. The minimum atomic E-state index is -0.620. The van der Waals surface area contributed by atoms with Gasteiger partial charge in [-0.2, -0.15) is 0 Å². The van der Waals surface area contributed by atoms with E-state index in [1.165, 1.54) is 19.2 Å². The van der Waals surface area contributed by atoms with Crippen molar-refractivity contribution in [1.82, 2.24) is 0 Å². The van der Waals surface area contributed by atoms with Gasteiger partial charge in [-0.3, -0.25) is 10.1 Å². The Morgan fingerprint density at radius 3 is 2.59 bits per heavy atom. The van der Waals surface area contributed by atoms with Crippen molar-refractivity contribution in [3.63, 3.8) is 0 Å². The van der Waals surface area contributed by atoms with Gasteiger partial charge in [-0.15, -0.1) is 0 Å². The number of nitro benzene ring substituents is 1. The Morgan fingerprint density at radius 1 is 1.15 bits per heavy atom. The number of hydrogen-bond donors (Lipinski definition) is 0. The Labute approximate surface area is 203 Å². The number of halogens is 1. The van der Waals surface area contributed by atoms with Crippen LogP contribution in [0.5, 0.6) is 11.5 Å². The number of carbonyl (C=O) groups excluding carboxylic acids is 1. The number of cyclic esters (lactones) is 1. The summed E-state index contributed by atoms with van der Waals surface area (Å²) in [5, 5.41) is 11.0. The zero-order valence-corrected chi connectivity index (χ0v) is 19.9. The van der Waals surface area contributed by atoms with Crippen molar-refractivity contribution < 1.29 is 23.9 Å². The lowest BCUT2D eigenvalue weighted by atomic mass is 10.1. The quantitative estimate of drug-likeness (QED) is 0.173. The second-order valence-electron chi connectivity index (χ2n) is 7.40. The zero-order valence-electron chi connectivity index (χ0n) is 18.3. The maximum Gasteiger partial charge on any atom is 0.363 e. The van der Waals surface area contributed by atoms with Gasteiger partial charge in [-0.1, -0.05) is 30.3 Å². The van der Waals surface area contributed by atoms with Crippen molar-refractivity contribution in [2.45, 2.75) is 13.5 Å². The van der Waals surface area contributed by atoms with Gasteiger partial charge in [0.15, 0.2) is 17.2 Å². The van der Waals surface area contributed by atoms with Gasteiger partial charge in [0.1, 0.15) is 6.61 Å². The van der Waals surface area contributed by atoms with E-state index in [2.05, 4.69) is 20.9 Å². The molecule has 3 aromatic carbocycles. The van der Waals surface area contributed by atoms with E-state index in [-0.39, 0.29) is 17.3 Å². The smallest absolute Gasteiger partial charge is 0.363 e. The molecule has 8 nitrogen and oxygen atoms in total. The van der Waals surface area contributed by atoms with Crippen LogP contribution >= 0.6 is 15.9 Å². The van der Waals surface area contributed by atoms with Gasteiger partial charge in [0.2, 0.25) is 5.90 Å². The molecule has 0 saturated heterocycles. The van der Waals surface area contributed by atoms with Gasteiger partial charge in [0.05, 0.1) is 16.5 Å². The van der Waals surface area contributed by atoms with Crippen molar-refractivity contribution in [2.75, 3.05) is 7.11 Å². The van der Waals surface area contributed by atoms with Crippen LogP contribution in [0.1, 0.15) is 22.3 Å². The minimum absolute atomic E-state index is 0.0176. The standard InChI is InChI=1S/C25H19BrN2O6/c1-15-10-18(8-9-21(15)28(30)31)24-27-20(25(29)34-24)12-17-11-19(26)23(22(13-17)32-2)33-14-16-6-4-3-5-7-16/h3-13H,14H2,1-2H3/b20-12-. The summed E-state index contributed by atoms with van der Waals surface area (Å²) < 4.78 is 17.4. The van der Waals surface area contributed by atoms with E-state index in [1.54, 1.807) is 31.2 Å². The predicted molar refractivity (Wildman–Crippen MR) is 130 cm³/mol. The Bertz CT molecular complexity index is 1330. The van der Waals surface area contributed by atoms with Gasteiger partial charge in [-0.05, 0) is 64.3 Å². The highest BCUT2D eigenvalue weighted by molar-refractivity contribution is 9.10. The van der Waals surface area contributed by atoms with Gasteiger partial charge in [0.25, 0.3) is 5.69 Å². The number of aliphatic imine (C=N–C) groups is 1. The molecule has 0 aliphatic carbocycles. The minimum Gasteiger partial charge on any atom is -0.493 e. The van der Waals surface area contributed by atoms with E-state index >= 15 is 0 Å². The molecule has 1 aliphatic rings. The number of carbonyl (C=O) groups is 1. The molecule has 34 heavy (non-hydrogen) atoms. The van der Waals surface area contributed by atoms with Gasteiger partial charge in [-0.25, -0.2) is 9.79 Å². The molecule has 0 radical (unpaired) electrons. The van der Waals surface area contributed by atoms with E-state index in [4.69, 9.17) is 14.2 Å². The Balaban J connectivity index is 1.60. The van der Waals surface area contributed by atoms with E-state index in [9.17, 15) is 14.9 Å². The van der Waals surface area contributed by atoms with Crippen molar-refractivity contribution in [3.8, 4) is 11.5 Å². The van der Waals surface area contributed by atoms with Gasteiger partial charge >= 0.3 is 5.97 Å². The summed E-state index contributed by atoms with van der Waals surface area (Å²) in [6.45, 7) is 1.98. The average molecular weight is 523 g/mol. The monoisotopic (exact) mass is 522 g/mol. The fraction of sp³-hybridized carbons (Fsp3) is 0.120. The molecule has 0 spiro atoms. The maximum absolute atomic E-state index is 12.4. The van der Waals surface area contributed by atoms with Crippen molar-refractivity contribution in [2.24, 2.45) is 4.99 Å². The number of esters is 1. The second-order valence-corrected chi connectivity index (χ2v) is 8.26. The fourth-order valence-corrected chi connectivity index (χ4v) is 3.95. The third kappa shape index (κ3) is 4.99. The summed E-state index contributed by atoms with van der Waals surface area (Å²) >= 11 is 3.51. The summed E-state index contributed by atoms with van der Waals surface area (Å²) in [6, 6.07) is 17.7. The normalized spacial score (nSPS) is 14.0. The molecule has 0 unspecified atom stereocenters. The van der Waals surface area contributed by atoms with Crippen LogP contribution in [0.15, 0.2) is 75.8 Å². The molecule has 3 aromatic rings. The zero-order chi connectivity index (χ0) is 24.2. The number of methoxy groups -OCH3 is 1. The SMILES string of the molecule is COc1cc(/C=C2\N=C(c3ccc([N+](=O)[O-])c(C)c3)OC2=O)cc(Br)c1OCc1ccccc1. The van der Waals surface area contributed by atoms with Crippen LogP contribution in [0, 0.1) is 17.0 Å². The van der Waals surface area contributed by atoms with Crippen LogP contribution < -0.4 is 9.47 Å². The van der Waals surface area contributed by atoms with E-state index in [0.29, 0.717) is 39.3 Å². The summed E-state index contributed by atoms with van der Waals surface area (Å²) in [6.07, 6.45) is 1.57. The number of rotatable bonds is 7. The molecule has 0 atom stereocenters. The highest BCUT2D eigenvalue weighted by Crippen LogP contribution is 2.38. The lowest BCUT2D eigenvalue weighted by molar-refractivity contribution is -0.385. The Hall–Kier alpha value is -3.98. The van der Waals surface area contributed by atoms with Crippen molar-refractivity contribution in [1.29, 1.82) is 0 Å². The topological polar surface area (TPSA) is 100 Å². The predicted octanol–water partition coefficient (Wildman–Crippen LogP) is 5.60. The maximum atomic E-state index is 12.4. The lowest BCUT2D eigenvalue weighted by Gasteiger charge is -2.13.